The molecule has 0 aliphatic carbocycles. The van der Waals surface area contributed by atoms with Gasteiger partial charge >= 0.3 is 0 Å². The molecule has 0 atom stereocenters. The lowest BCUT2D eigenvalue weighted by Crippen LogP contribution is -2.52. The molecule has 0 N–H and O–H groups in total. The highest BCUT2D eigenvalue weighted by atomic mass is 19.1. The Kier molecular flexibility index (Phi) is 6.37. The van der Waals surface area contributed by atoms with Crippen molar-refractivity contribution in [3.8, 4) is 6.07 Å². The Hall–Kier alpha value is -3.92. The summed E-state index contributed by atoms with van der Waals surface area (Å²) in [5.41, 5.74) is 1.34. The smallest absolute Gasteiger partial charge is 0.254 e. The Morgan fingerprint density at radius 2 is 1.51 bits per heavy atom. The van der Waals surface area contributed by atoms with Gasteiger partial charge in [-0.25, -0.2) is 4.39 Å². The second-order valence-electron chi connectivity index (χ2n) is 9.15. The summed E-state index contributed by atoms with van der Waals surface area (Å²) in [7, 11) is 0. The first-order valence-electron chi connectivity index (χ1n) is 12.1. The summed E-state index contributed by atoms with van der Waals surface area (Å²) in [6.45, 7) is 3.32. The first-order chi connectivity index (χ1) is 17.1. The molecule has 3 aromatic rings. The summed E-state index contributed by atoms with van der Waals surface area (Å²) in [5, 5.41) is 11.3. The minimum atomic E-state index is -0.520. The van der Waals surface area contributed by atoms with Crippen molar-refractivity contribution in [3.63, 3.8) is 0 Å². The maximum absolute atomic E-state index is 14.0. The number of amides is 2. The zero-order chi connectivity index (χ0) is 24.4. The third-order valence-corrected chi connectivity index (χ3v) is 7.19. The Bertz CT molecular complexity index is 1300. The van der Waals surface area contributed by atoms with Crippen LogP contribution >= 0.6 is 0 Å². The number of benzene rings is 3. The predicted molar refractivity (Wildman–Crippen MR) is 132 cm³/mol. The van der Waals surface area contributed by atoms with Crippen molar-refractivity contribution in [2.75, 3.05) is 44.2 Å². The summed E-state index contributed by atoms with van der Waals surface area (Å²) < 4.78 is 14.0. The number of halogens is 1. The van der Waals surface area contributed by atoms with Gasteiger partial charge in [-0.1, -0.05) is 42.5 Å². The van der Waals surface area contributed by atoms with Crippen LogP contribution in [0.3, 0.4) is 0 Å². The van der Waals surface area contributed by atoms with Crippen molar-refractivity contribution in [2.45, 2.75) is 12.8 Å². The first-order valence-corrected chi connectivity index (χ1v) is 12.1. The average molecular weight is 471 g/mol. The van der Waals surface area contributed by atoms with Crippen molar-refractivity contribution in [1.29, 1.82) is 5.26 Å². The SMILES string of the molecule is N#Cc1c(F)cccc1N1CCN(C(=O)C2CCN(C(=O)c3cccc4ccccc34)CC2)CC1. The average Bonchev–Trinajstić information content (AvgIpc) is 2.92. The molecule has 0 saturated carbocycles. The molecule has 2 aliphatic rings. The number of hydrogen-bond donors (Lipinski definition) is 0. The molecule has 7 heteroatoms. The monoisotopic (exact) mass is 470 g/mol. The molecule has 178 valence electrons. The first kappa shape index (κ1) is 22.9. The van der Waals surface area contributed by atoms with E-state index in [1.165, 1.54) is 6.07 Å². The molecule has 2 amide bonds. The van der Waals surface area contributed by atoms with Crippen LogP contribution in [0.1, 0.15) is 28.8 Å². The number of carbonyl (C=O) groups is 2. The van der Waals surface area contributed by atoms with E-state index in [-0.39, 0.29) is 23.3 Å². The van der Waals surface area contributed by atoms with Gasteiger partial charge in [0.05, 0.1) is 5.69 Å². The third-order valence-electron chi connectivity index (χ3n) is 7.19. The van der Waals surface area contributed by atoms with Gasteiger partial charge in [-0.05, 0) is 41.8 Å². The molecule has 2 fully saturated rings. The van der Waals surface area contributed by atoms with E-state index < -0.39 is 5.82 Å². The number of likely N-dealkylation sites (tertiary alicyclic amines) is 1. The standard InChI is InChI=1S/C28H27FN4O2/c29-25-9-4-10-26(24(25)19-30)31-15-17-33(18-16-31)27(34)21-11-13-32(14-12-21)28(35)23-8-3-6-20-5-1-2-7-22(20)23/h1-10,21H,11-18H2. The Labute approximate surface area is 204 Å². The summed E-state index contributed by atoms with van der Waals surface area (Å²) in [6.07, 6.45) is 1.30. The van der Waals surface area contributed by atoms with Crippen LogP contribution in [0, 0.1) is 23.1 Å². The van der Waals surface area contributed by atoms with Crippen LogP contribution in [0.5, 0.6) is 0 Å². The van der Waals surface area contributed by atoms with Gasteiger partial charge in [0.2, 0.25) is 5.91 Å². The highest BCUT2D eigenvalue weighted by Gasteiger charge is 2.32. The number of nitriles is 1. The van der Waals surface area contributed by atoms with E-state index in [0.717, 1.165) is 10.8 Å². The second-order valence-corrected chi connectivity index (χ2v) is 9.15. The van der Waals surface area contributed by atoms with Crippen molar-refractivity contribution in [1.82, 2.24) is 9.80 Å². The highest BCUT2D eigenvalue weighted by Crippen LogP contribution is 2.27. The van der Waals surface area contributed by atoms with E-state index in [4.69, 9.17) is 0 Å². The molecule has 0 bridgehead atoms. The largest absolute Gasteiger partial charge is 0.367 e. The normalized spacial score (nSPS) is 16.9. The topological polar surface area (TPSA) is 67.7 Å². The number of nitrogens with zero attached hydrogens (tertiary/aromatic N) is 4. The lowest BCUT2D eigenvalue weighted by molar-refractivity contribution is -0.137. The Morgan fingerprint density at radius 1 is 0.829 bits per heavy atom. The molecule has 0 radical (unpaired) electrons. The summed E-state index contributed by atoms with van der Waals surface area (Å²) in [6, 6.07) is 20.3. The Balaban J connectivity index is 1.18. The van der Waals surface area contributed by atoms with Gasteiger partial charge in [-0.15, -0.1) is 0 Å². The van der Waals surface area contributed by atoms with Gasteiger partial charge < -0.3 is 14.7 Å². The van der Waals surface area contributed by atoms with Crippen LogP contribution in [0.4, 0.5) is 10.1 Å². The van der Waals surface area contributed by atoms with Crippen molar-refractivity contribution in [2.24, 2.45) is 5.92 Å². The van der Waals surface area contributed by atoms with Crippen LogP contribution in [0.25, 0.3) is 10.8 Å². The minimum Gasteiger partial charge on any atom is -0.367 e. The van der Waals surface area contributed by atoms with Crippen LogP contribution in [0.15, 0.2) is 60.7 Å². The number of piperazine rings is 1. The fourth-order valence-corrected chi connectivity index (χ4v) is 5.22. The van der Waals surface area contributed by atoms with Gasteiger partial charge in [0, 0.05) is 50.7 Å². The van der Waals surface area contributed by atoms with E-state index in [2.05, 4.69) is 0 Å². The van der Waals surface area contributed by atoms with Crippen LogP contribution in [0.2, 0.25) is 0 Å². The molecule has 0 unspecified atom stereocenters. The summed E-state index contributed by atoms with van der Waals surface area (Å²) in [4.78, 5) is 32.1. The molecule has 3 aromatic carbocycles. The van der Waals surface area contributed by atoms with E-state index in [0.29, 0.717) is 63.4 Å². The fourth-order valence-electron chi connectivity index (χ4n) is 5.22. The maximum atomic E-state index is 14.0. The predicted octanol–water partition coefficient (Wildman–Crippen LogP) is 4.05. The van der Waals surface area contributed by atoms with Gasteiger partial charge in [-0.2, -0.15) is 5.26 Å². The summed E-state index contributed by atoms with van der Waals surface area (Å²) >= 11 is 0. The molecule has 0 aromatic heterocycles. The number of carbonyl (C=O) groups excluding carboxylic acids is 2. The molecule has 2 saturated heterocycles. The van der Waals surface area contributed by atoms with Crippen LogP contribution in [-0.2, 0) is 4.79 Å². The zero-order valence-electron chi connectivity index (χ0n) is 19.5. The minimum absolute atomic E-state index is 0.0182. The number of anilines is 1. The molecule has 2 aliphatic heterocycles. The van der Waals surface area contributed by atoms with Gasteiger partial charge in [0.1, 0.15) is 17.4 Å². The van der Waals surface area contributed by atoms with Crippen LogP contribution in [-0.4, -0.2) is 60.9 Å². The fraction of sp³-hybridized carbons (Fsp3) is 0.321. The molecule has 6 nitrogen and oxygen atoms in total. The highest BCUT2D eigenvalue weighted by molar-refractivity contribution is 6.07. The Morgan fingerprint density at radius 3 is 2.26 bits per heavy atom. The van der Waals surface area contributed by atoms with Gasteiger partial charge in [-0.3, -0.25) is 9.59 Å². The lowest BCUT2D eigenvalue weighted by atomic mass is 9.94. The number of piperidine rings is 1. The van der Waals surface area contributed by atoms with E-state index >= 15 is 0 Å². The molecule has 2 heterocycles. The van der Waals surface area contributed by atoms with E-state index in [1.807, 2.05) is 63.2 Å². The van der Waals surface area contributed by atoms with Crippen molar-refractivity contribution in [3.05, 3.63) is 77.6 Å². The number of rotatable bonds is 3. The van der Waals surface area contributed by atoms with E-state index in [1.54, 1.807) is 12.1 Å². The number of fused-ring (bicyclic) bond motifs is 1. The molecule has 5 rings (SSSR count). The molecule has 0 spiro atoms. The quantitative estimate of drug-likeness (QED) is 0.579. The third kappa shape index (κ3) is 4.44. The maximum Gasteiger partial charge on any atom is 0.254 e. The van der Waals surface area contributed by atoms with Gasteiger partial charge in [0.15, 0.2) is 0 Å². The molecular weight excluding hydrogens is 443 g/mol. The van der Waals surface area contributed by atoms with Crippen molar-refractivity contribution < 1.29 is 14.0 Å². The number of hydrogen-bond acceptors (Lipinski definition) is 4. The molecule has 35 heavy (non-hydrogen) atoms. The van der Waals surface area contributed by atoms with Gasteiger partial charge in [0.25, 0.3) is 5.91 Å². The van der Waals surface area contributed by atoms with Crippen molar-refractivity contribution >= 4 is 28.3 Å². The summed E-state index contributed by atoms with van der Waals surface area (Å²) in [5.74, 6) is -0.471. The molecular formula is C28H27FN4O2. The second kappa shape index (κ2) is 9.75. The zero-order valence-corrected chi connectivity index (χ0v) is 19.5. The lowest BCUT2D eigenvalue weighted by Gasteiger charge is -2.39. The van der Waals surface area contributed by atoms with E-state index in [9.17, 15) is 19.2 Å². The van der Waals surface area contributed by atoms with Crippen LogP contribution < -0.4 is 4.90 Å².